The molecule has 0 aliphatic carbocycles. The highest BCUT2D eigenvalue weighted by Gasteiger charge is 2.37. The van der Waals surface area contributed by atoms with Crippen molar-refractivity contribution in [1.82, 2.24) is 4.98 Å². The smallest absolute Gasteiger partial charge is 0.437 e. The normalized spacial score (nSPS) is 11.2. The second-order valence-electron chi connectivity index (χ2n) is 2.55. The van der Waals surface area contributed by atoms with Crippen LogP contribution in [0.4, 0.5) is 13.2 Å². The van der Waals surface area contributed by atoms with E-state index in [1.807, 2.05) is 0 Å². The molecular formula is C8H6F3NO3. The summed E-state index contributed by atoms with van der Waals surface area (Å²) < 4.78 is 41.5. The highest BCUT2D eigenvalue weighted by atomic mass is 19.4. The Hall–Kier alpha value is -1.79. The Bertz CT molecular complexity index is 389. The van der Waals surface area contributed by atoms with Crippen LogP contribution in [0.2, 0.25) is 0 Å². The molecule has 0 saturated carbocycles. The lowest BCUT2D eigenvalue weighted by Crippen LogP contribution is -2.13. The predicted octanol–water partition coefficient (Wildman–Crippen LogP) is 1.81. The standard InChI is InChI=1S/C8H6F3NO3/c1-15-5-3-2-4(7(13)14)12-6(5)8(9,10)11/h2-3H,1H3,(H,13,14). The van der Waals surface area contributed by atoms with Gasteiger partial charge in [-0.3, -0.25) is 0 Å². The topological polar surface area (TPSA) is 59.4 Å². The summed E-state index contributed by atoms with van der Waals surface area (Å²) in [5, 5.41) is 8.47. The van der Waals surface area contributed by atoms with E-state index in [4.69, 9.17) is 5.11 Å². The van der Waals surface area contributed by atoms with E-state index in [1.54, 1.807) is 0 Å². The Balaban J connectivity index is 3.32. The van der Waals surface area contributed by atoms with Gasteiger partial charge < -0.3 is 9.84 Å². The minimum Gasteiger partial charge on any atom is -0.494 e. The summed E-state index contributed by atoms with van der Waals surface area (Å²) >= 11 is 0. The number of hydrogen-bond acceptors (Lipinski definition) is 3. The Morgan fingerprint density at radius 1 is 1.47 bits per heavy atom. The van der Waals surface area contributed by atoms with Gasteiger partial charge in [-0.2, -0.15) is 13.2 Å². The number of halogens is 3. The molecule has 0 fully saturated rings. The molecule has 15 heavy (non-hydrogen) atoms. The molecule has 0 spiro atoms. The highest BCUT2D eigenvalue weighted by molar-refractivity contribution is 5.85. The molecule has 0 unspecified atom stereocenters. The SMILES string of the molecule is COc1ccc(C(=O)O)nc1C(F)(F)F. The Morgan fingerprint density at radius 3 is 2.47 bits per heavy atom. The molecule has 1 rings (SSSR count). The highest BCUT2D eigenvalue weighted by Crippen LogP contribution is 2.34. The minimum absolute atomic E-state index is 0.507. The number of pyridine rings is 1. The van der Waals surface area contributed by atoms with Crippen molar-refractivity contribution in [2.75, 3.05) is 7.11 Å². The third-order valence-electron chi connectivity index (χ3n) is 1.57. The van der Waals surface area contributed by atoms with E-state index in [-0.39, 0.29) is 0 Å². The van der Waals surface area contributed by atoms with Crippen molar-refractivity contribution < 1.29 is 27.8 Å². The molecule has 4 nitrogen and oxygen atoms in total. The molecule has 1 aromatic heterocycles. The molecule has 1 N–H and O–H groups in total. The lowest BCUT2D eigenvalue weighted by molar-refractivity contribution is -0.142. The van der Waals surface area contributed by atoms with E-state index >= 15 is 0 Å². The van der Waals surface area contributed by atoms with Gasteiger partial charge in [0.05, 0.1) is 7.11 Å². The zero-order valence-electron chi connectivity index (χ0n) is 7.50. The number of aromatic carboxylic acids is 1. The van der Waals surface area contributed by atoms with Crippen molar-refractivity contribution in [3.63, 3.8) is 0 Å². The molecule has 7 heteroatoms. The summed E-state index contributed by atoms with van der Waals surface area (Å²) in [6.07, 6.45) is -4.74. The van der Waals surface area contributed by atoms with Gasteiger partial charge in [0, 0.05) is 0 Å². The molecule has 0 aliphatic heterocycles. The van der Waals surface area contributed by atoms with Gasteiger partial charge in [0.15, 0.2) is 5.69 Å². The van der Waals surface area contributed by atoms with Crippen molar-refractivity contribution >= 4 is 5.97 Å². The zero-order chi connectivity index (χ0) is 11.6. The van der Waals surface area contributed by atoms with Crippen molar-refractivity contribution in [3.8, 4) is 5.75 Å². The number of aromatic nitrogens is 1. The molecule has 0 aromatic carbocycles. The lowest BCUT2D eigenvalue weighted by atomic mass is 10.2. The maximum absolute atomic E-state index is 12.3. The molecule has 0 bridgehead atoms. The molecule has 0 saturated heterocycles. The Morgan fingerprint density at radius 2 is 2.07 bits per heavy atom. The van der Waals surface area contributed by atoms with Crippen molar-refractivity contribution in [2.45, 2.75) is 6.18 Å². The number of ether oxygens (including phenoxy) is 1. The van der Waals surface area contributed by atoms with Crippen LogP contribution in [0.25, 0.3) is 0 Å². The largest absolute Gasteiger partial charge is 0.494 e. The number of carboxylic acid groups (broad SMARTS) is 1. The number of nitrogens with zero attached hydrogens (tertiary/aromatic N) is 1. The summed E-state index contributed by atoms with van der Waals surface area (Å²) in [4.78, 5) is 13.4. The van der Waals surface area contributed by atoms with E-state index in [9.17, 15) is 18.0 Å². The van der Waals surface area contributed by atoms with Gasteiger partial charge in [0.25, 0.3) is 0 Å². The zero-order valence-corrected chi connectivity index (χ0v) is 7.50. The van der Waals surface area contributed by atoms with Gasteiger partial charge in [-0.15, -0.1) is 0 Å². The van der Waals surface area contributed by atoms with Gasteiger partial charge in [0.1, 0.15) is 11.4 Å². The second kappa shape index (κ2) is 3.76. The van der Waals surface area contributed by atoms with Gasteiger partial charge in [0.2, 0.25) is 0 Å². The number of carbonyl (C=O) groups is 1. The lowest BCUT2D eigenvalue weighted by Gasteiger charge is -2.10. The summed E-state index contributed by atoms with van der Waals surface area (Å²) in [6, 6.07) is 1.86. The average Bonchev–Trinajstić information content (AvgIpc) is 2.15. The van der Waals surface area contributed by atoms with Crippen LogP contribution in [0.1, 0.15) is 16.2 Å². The quantitative estimate of drug-likeness (QED) is 0.827. The first-order chi connectivity index (χ1) is 6.86. The number of alkyl halides is 3. The van der Waals surface area contributed by atoms with Gasteiger partial charge >= 0.3 is 12.1 Å². The Labute approximate surface area is 82.3 Å². The number of hydrogen-bond donors (Lipinski definition) is 1. The number of carboxylic acids is 1. The fraction of sp³-hybridized carbons (Fsp3) is 0.250. The number of methoxy groups -OCH3 is 1. The first-order valence-electron chi connectivity index (χ1n) is 3.71. The van der Waals surface area contributed by atoms with Crippen LogP contribution in [-0.4, -0.2) is 23.2 Å². The summed E-state index contributed by atoms with van der Waals surface area (Å²) in [6.45, 7) is 0. The van der Waals surface area contributed by atoms with Crippen LogP contribution in [0, 0.1) is 0 Å². The molecule has 1 aromatic rings. The van der Waals surface area contributed by atoms with E-state index in [2.05, 4.69) is 9.72 Å². The van der Waals surface area contributed by atoms with E-state index in [1.165, 1.54) is 0 Å². The molecular weight excluding hydrogens is 215 g/mol. The molecule has 82 valence electrons. The van der Waals surface area contributed by atoms with Crippen LogP contribution in [0.15, 0.2) is 12.1 Å². The maximum atomic E-state index is 12.3. The molecule has 1 heterocycles. The van der Waals surface area contributed by atoms with Crippen LogP contribution < -0.4 is 4.74 Å². The molecule has 0 aliphatic rings. The van der Waals surface area contributed by atoms with Gasteiger partial charge in [-0.25, -0.2) is 9.78 Å². The van der Waals surface area contributed by atoms with Crippen LogP contribution >= 0.6 is 0 Å². The summed E-state index contributed by atoms with van der Waals surface area (Å²) in [7, 11) is 1.05. The fourth-order valence-electron chi connectivity index (χ4n) is 0.933. The first-order valence-corrected chi connectivity index (χ1v) is 3.71. The monoisotopic (exact) mass is 221 g/mol. The number of rotatable bonds is 2. The van der Waals surface area contributed by atoms with Gasteiger partial charge in [-0.1, -0.05) is 0 Å². The van der Waals surface area contributed by atoms with Crippen LogP contribution in [0.5, 0.6) is 5.75 Å². The molecule has 0 atom stereocenters. The summed E-state index contributed by atoms with van der Waals surface area (Å²) in [5.74, 6) is -2.03. The molecule has 0 amide bonds. The van der Waals surface area contributed by atoms with Gasteiger partial charge in [-0.05, 0) is 12.1 Å². The summed E-state index contributed by atoms with van der Waals surface area (Å²) in [5.41, 5.74) is -2.02. The minimum atomic E-state index is -4.74. The maximum Gasteiger partial charge on any atom is 0.437 e. The van der Waals surface area contributed by atoms with Crippen molar-refractivity contribution in [2.24, 2.45) is 0 Å². The van der Waals surface area contributed by atoms with E-state index < -0.39 is 29.3 Å². The van der Waals surface area contributed by atoms with Crippen molar-refractivity contribution in [3.05, 3.63) is 23.5 Å². The van der Waals surface area contributed by atoms with E-state index in [0.29, 0.717) is 0 Å². The first kappa shape index (κ1) is 11.3. The van der Waals surface area contributed by atoms with E-state index in [0.717, 1.165) is 19.2 Å². The van der Waals surface area contributed by atoms with Crippen molar-refractivity contribution in [1.29, 1.82) is 0 Å². The second-order valence-corrected chi connectivity index (χ2v) is 2.55. The Kier molecular flexibility index (Phi) is 2.83. The van der Waals surface area contributed by atoms with Crippen LogP contribution in [-0.2, 0) is 6.18 Å². The third-order valence-corrected chi connectivity index (χ3v) is 1.57. The average molecular weight is 221 g/mol. The fourth-order valence-corrected chi connectivity index (χ4v) is 0.933. The third kappa shape index (κ3) is 2.36. The van der Waals surface area contributed by atoms with Crippen LogP contribution in [0.3, 0.4) is 0 Å². The molecule has 0 radical (unpaired) electrons. The predicted molar refractivity (Wildman–Crippen MR) is 42.8 cm³/mol.